The summed E-state index contributed by atoms with van der Waals surface area (Å²) < 4.78 is 4.68. The molecule has 1 aliphatic rings. The largest absolute Gasteiger partial charge is 0.504 e. The second-order valence-corrected chi connectivity index (χ2v) is 9.21. The second kappa shape index (κ2) is 7.64. The number of phenolic OH excluding ortho intramolecular Hbond substituents is 2. The van der Waals surface area contributed by atoms with Crippen LogP contribution >= 0.6 is 0 Å². The Morgan fingerprint density at radius 3 is 2.39 bits per heavy atom. The lowest BCUT2D eigenvalue weighted by atomic mass is 9.99. The number of hydrogen-bond acceptors (Lipinski definition) is 5. The minimum absolute atomic E-state index is 0.225. The third-order valence-corrected chi connectivity index (χ3v) is 6.95. The maximum Gasteiger partial charge on any atom is 0.331 e. The van der Waals surface area contributed by atoms with Crippen molar-refractivity contribution in [1.82, 2.24) is 13.7 Å². The maximum atomic E-state index is 13.7. The molecular weight excluding hydrogens is 456 g/mol. The molecule has 3 N–H and O–H groups in total. The summed E-state index contributed by atoms with van der Waals surface area (Å²) in [5.41, 5.74) is 5.34. The van der Waals surface area contributed by atoms with Crippen molar-refractivity contribution in [2.24, 2.45) is 14.1 Å². The minimum Gasteiger partial charge on any atom is -0.504 e. The first kappa shape index (κ1) is 21.8. The zero-order chi connectivity index (χ0) is 25.3. The normalized spacial score (nSPS) is 14.4. The van der Waals surface area contributed by atoms with Gasteiger partial charge in [-0.25, -0.2) is 4.79 Å². The number of rotatable bonds is 2. The summed E-state index contributed by atoms with van der Waals surface area (Å²) in [7, 11) is 3.15. The van der Waals surface area contributed by atoms with Gasteiger partial charge in [-0.05, 0) is 48.4 Å². The Morgan fingerprint density at radius 2 is 1.64 bits per heavy atom. The number of fused-ring (bicyclic) bond motifs is 5. The van der Waals surface area contributed by atoms with Gasteiger partial charge in [-0.3, -0.25) is 13.9 Å². The van der Waals surface area contributed by atoms with Crippen LogP contribution in [0.3, 0.4) is 0 Å². The third-order valence-electron chi connectivity index (χ3n) is 6.95. The third kappa shape index (κ3) is 2.94. The number of nitrogens with zero attached hydrogens (tertiary/aromatic N) is 3. The Kier molecular flexibility index (Phi) is 4.63. The average Bonchev–Trinajstić information content (AvgIpc) is 3.24. The van der Waals surface area contributed by atoms with Crippen LogP contribution in [0.2, 0.25) is 0 Å². The van der Waals surface area contributed by atoms with Gasteiger partial charge in [0.1, 0.15) is 0 Å². The van der Waals surface area contributed by atoms with Gasteiger partial charge in [-0.1, -0.05) is 42.0 Å². The van der Waals surface area contributed by atoms with E-state index in [1.807, 2.05) is 60.0 Å². The molecule has 0 aliphatic carbocycles. The van der Waals surface area contributed by atoms with E-state index in [-0.39, 0.29) is 17.1 Å². The molecule has 8 nitrogen and oxygen atoms in total. The molecule has 0 bridgehead atoms. The second-order valence-electron chi connectivity index (χ2n) is 9.21. The summed E-state index contributed by atoms with van der Waals surface area (Å²) in [6, 6.07) is 19.8. The van der Waals surface area contributed by atoms with Crippen molar-refractivity contribution in [3.05, 3.63) is 104 Å². The van der Waals surface area contributed by atoms with Crippen LogP contribution in [0.4, 0.5) is 5.69 Å². The van der Waals surface area contributed by atoms with Crippen molar-refractivity contribution in [2.45, 2.75) is 13.0 Å². The quantitative estimate of drug-likeness (QED) is 0.333. The molecule has 1 aliphatic heterocycles. The van der Waals surface area contributed by atoms with Gasteiger partial charge < -0.3 is 20.1 Å². The highest BCUT2D eigenvalue weighted by Crippen LogP contribution is 2.46. The predicted octanol–water partition coefficient (Wildman–Crippen LogP) is 3.93. The number of benzene rings is 3. The van der Waals surface area contributed by atoms with Crippen molar-refractivity contribution in [3.8, 4) is 28.4 Å². The lowest BCUT2D eigenvalue weighted by molar-refractivity contribution is 0.403. The molecule has 0 radical (unpaired) electrons. The zero-order valence-electron chi connectivity index (χ0n) is 20.0. The standard InChI is InChI=1S/C28H24N4O4/c1-15-7-6-8-17(13-15)24-22-25(30(2)28(36)31(3)27(22)35)26-23(16-11-12-20(33)21(34)14-16)29-18-9-4-5-10-19(18)32(24)26/h4-14,23,29,33-34H,1-3H3. The van der Waals surface area contributed by atoms with E-state index in [2.05, 4.69) is 5.32 Å². The van der Waals surface area contributed by atoms with Crippen molar-refractivity contribution < 1.29 is 10.2 Å². The van der Waals surface area contributed by atoms with Crippen LogP contribution in [0.5, 0.6) is 11.5 Å². The van der Waals surface area contributed by atoms with Gasteiger partial charge in [0, 0.05) is 14.1 Å². The Hall–Kier alpha value is -4.72. The summed E-state index contributed by atoms with van der Waals surface area (Å²) >= 11 is 0. The Morgan fingerprint density at radius 1 is 0.861 bits per heavy atom. The zero-order valence-corrected chi connectivity index (χ0v) is 20.0. The predicted molar refractivity (Wildman–Crippen MR) is 139 cm³/mol. The van der Waals surface area contributed by atoms with Gasteiger partial charge in [-0.15, -0.1) is 0 Å². The van der Waals surface area contributed by atoms with Crippen LogP contribution in [0.25, 0.3) is 27.8 Å². The summed E-state index contributed by atoms with van der Waals surface area (Å²) in [6.45, 7) is 2.00. The number of para-hydroxylation sites is 2. The van der Waals surface area contributed by atoms with Crippen LogP contribution in [0.15, 0.2) is 76.3 Å². The van der Waals surface area contributed by atoms with Gasteiger partial charge in [0.05, 0.1) is 39.7 Å². The first-order chi connectivity index (χ1) is 17.3. The van der Waals surface area contributed by atoms with Crippen molar-refractivity contribution in [1.29, 1.82) is 0 Å². The van der Waals surface area contributed by atoms with E-state index in [1.165, 1.54) is 23.7 Å². The van der Waals surface area contributed by atoms with E-state index >= 15 is 0 Å². The molecular formula is C28H24N4O4. The van der Waals surface area contributed by atoms with Crippen molar-refractivity contribution >= 4 is 16.6 Å². The van der Waals surface area contributed by atoms with Crippen molar-refractivity contribution in [3.63, 3.8) is 0 Å². The van der Waals surface area contributed by atoms with Gasteiger partial charge in [0.15, 0.2) is 11.5 Å². The highest BCUT2D eigenvalue weighted by Gasteiger charge is 2.35. The fraction of sp³-hybridized carbons (Fsp3) is 0.143. The number of nitrogens with one attached hydrogen (secondary N) is 1. The highest BCUT2D eigenvalue weighted by atomic mass is 16.3. The van der Waals surface area contributed by atoms with Crippen molar-refractivity contribution in [2.75, 3.05) is 5.32 Å². The fourth-order valence-corrected chi connectivity index (χ4v) is 5.25. The summed E-state index contributed by atoms with van der Waals surface area (Å²) in [5, 5.41) is 24.2. The van der Waals surface area contributed by atoms with E-state index in [1.54, 1.807) is 13.1 Å². The smallest absolute Gasteiger partial charge is 0.331 e. The van der Waals surface area contributed by atoms with E-state index < -0.39 is 11.7 Å². The highest BCUT2D eigenvalue weighted by molar-refractivity contribution is 5.99. The van der Waals surface area contributed by atoms with E-state index in [0.29, 0.717) is 27.9 Å². The van der Waals surface area contributed by atoms with E-state index in [4.69, 9.17) is 0 Å². The first-order valence-electron chi connectivity index (χ1n) is 11.6. The lowest BCUT2D eigenvalue weighted by Gasteiger charge is -2.31. The Bertz CT molecular complexity index is 1830. The molecule has 6 rings (SSSR count). The molecule has 0 saturated carbocycles. The first-order valence-corrected chi connectivity index (χ1v) is 11.6. The van der Waals surface area contributed by atoms with E-state index in [9.17, 15) is 19.8 Å². The lowest BCUT2D eigenvalue weighted by Crippen LogP contribution is -2.37. The fourth-order valence-electron chi connectivity index (χ4n) is 5.25. The Balaban J connectivity index is 1.86. The van der Waals surface area contributed by atoms with Gasteiger partial charge in [0.2, 0.25) is 0 Å². The Labute approximate surface area is 205 Å². The molecule has 3 heterocycles. The monoisotopic (exact) mass is 480 g/mol. The van der Waals surface area contributed by atoms with Crippen LogP contribution < -0.4 is 16.6 Å². The molecule has 0 fully saturated rings. The SMILES string of the molecule is Cc1cccc(-c2c3c(=O)n(C)c(=O)n(C)c3c3n2-c2ccccc2NC3c2ccc(O)c(O)c2)c1. The molecule has 36 heavy (non-hydrogen) atoms. The number of aromatic nitrogens is 3. The molecule has 2 aromatic heterocycles. The average molecular weight is 481 g/mol. The maximum absolute atomic E-state index is 13.7. The molecule has 180 valence electrons. The number of hydrogen-bond donors (Lipinski definition) is 3. The number of aromatic hydroxyl groups is 2. The molecule has 0 amide bonds. The molecule has 3 aromatic carbocycles. The molecule has 1 atom stereocenters. The van der Waals surface area contributed by atoms with Gasteiger partial charge in [-0.2, -0.15) is 0 Å². The summed E-state index contributed by atoms with van der Waals surface area (Å²) in [6.07, 6.45) is 0. The van der Waals surface area contributed by atoms with Crippen LogP contribution in [0, 0.1) is 6.92 Å². The number of anilines is 1. The van der Waals surface area contributed by atoms with Crippen LogP contribution in [0.1, 0.15) is 22.9 Å². The van der Waals surface area contributed by atoms with Crippen LogP contribution in [-0.4, -0.2) is 23.9 Å². The summed E-state index contributed by atoms with van der Waals surface area (Å²) in [4.78, 5) is 26.8. The molecule has 5 aromatic rings. The minimum atomic E-state index is -0.523. The number of aryl methyl sites for hydroxylation is 2. The van der Waals surface area contributed by atoms with E-state index in [0.717, 1.165) is 27.1 Å². The van der Waals surface area contributed by atoms with Crippen LogP contribution in [-0.2, 0) is 14.1 Å². The molecule has 0 saturated heterocycles. The molecule has 1 unspecified atom stereocenters. The topological polar surface area (TPSA) is 101 Å². The molecule has 0 spiro atoms. The molecule has 8 heteroatoms. The van der Waals surface area contributed by atoms with Gasteiger partial charge >= 0.3 is 5.69 Å². The van der Waals surface area contributed by atoms with Gasteiger partial charge in [0.25, 0.3) is 5.56 Å². The summed E-state index contributed by atoms with van der Waals surface area (Å²) in [5.74, 6) is -0.476. The number of phenols is 2.